The normalized spacial score (nSPS) is 15.2. The topological polar surface area (TPSA) is 55.9 Å². The van der Waals surface area contributed by atoms with Crippen LogP contribution in [-0.2, 0) is 26.1 Å². The zero-order valence-electron chi connectivity index (χ0n) is 10.7. The third kappa shape index (κ3) is 3.06. The van der Waals surface area contributed by atoms with E-state index in [2.05, 4.69) is 36.0 Å². The summed E-state index contributed by atoms with van der Waals surface area (Å²) < 4.78 is 8.47. The second-order valence-electron chi connectivity index (χ2n) is 4.80. The molecule has 6 heteroatoms. The molecule has 1 N–H and O–H groups in total. The number of aromatic nitrogens is 3. The van der Waals surface area contributed by atoms with Gasteiger partial charge in [-0.25, -0.2) is 0 Å². The lowest BCUT2D eigenvalue weighted by molar-refractivity contribution is 0.459. The number of aryl methyl sites for hydroxylation is 1. The average molecular weight is 325 g/mol. The summed E-state index contributed by atoms with van der Waals surface area (Å²) in [6.45, 7) is 2.48. The average Bonchev–Trinajstić information content (AvgIpc) is 2.90. The summed E-state index contributed by atoms with van der Waals surface area (Å²) in [5.41, 5.74) is 0. The fraction of sp³-hybridized carbons (Fsp3) is 0.538. The van der Waals surface area contributed by atoms with Crippen LogP contribution < -0.4 is 5.32 Å². The van der Waals surface area contributed by atoms with Gasteiger partial charge in [-0.15, -0.1) is 10.2 Å². The smallest absolute Gasteiger partial charge is 0.169 e. The first-order valence-electron chi connectivity index (χ1n) is 6.69. The SMILES string of the molecule is Brc1ccc(CNCc2nnc3n2CCCCC3)o1. The summed E-state index contributed by atoms with van der Waals surface area (Å²) in [5.74, 6) is 3.08. The van der Waals surface area contributed by atoms with E-state index in [4.69, 9.17) is 4.42 Å². The molecule has 1 aliphatic rings. The van der Waals surface area contributed by atoms with Crippen LogP contribution in [0.5, 0.6) is 0 Å². The minimum Gasteiger partial charge on any atom is -0.453 e. The summed E-state index contributed by atoms with van der Waals surface area (Å²) in [7, 11) is 0. The van der Waals surface area contributed by atoms with E-state index in [1.165, 1.54) is 19.3 Å². The predicted octanol–water partition coefficient (Wildman–Crippen LogP) is 2.65. The summed E-state index contributed by atoms with van der Waals surface area (Å²) in [6, 6.07) is 3.86. The first-order valence-corrected chi connectivity index (χ1v) is 7.48. The lowest BCUT2D eigenvalue weighted by Crippen LogP contribution is -2.17. The first-order chi connectivity index (χ1) is 9.33. The molecular formula is C13H17BrN4O. The van der Waals surface area contributed by atoms with Crippen molar-refractivity contribution in [3.63, 3.8) is 0 Å². The van der Waals surface area contributed by atoms with Gasteiger partial charge in [0.15, 0.2) is 4.67 Å². The molecule has 2 aromatic heterocycles. The minimum absolute atomic E-state index is 0.702. The lowest BCUT2D eigenvalue weighted by Gasteiger charge is -2.07. The Morgan fingerprint density at radius 3 is 3.00 bits per heavy atom. The van der Waals surface area contributed by atoms with Crippen LogP contribution in [0, 0.1) is 0 Å². The standard InChI is InChI=1S/C13H17BrN4O/c14-11-6-5-10(19-11)8-15-9-13-17-16-12-4-2-1-3-7-18(12)13/h5-6,15H,1-4,7-9H2. The number of hydrogen-bond acceptors (Lipinski definition) is 4. The molecule has 0 saturated carbocycles. The van der Waals surface area contributed by atoms with Crippen molar-refractivity contribution < 1.29 is 4.42 Å². The molecule has 1 aliphatic heterocycles. The minimum atomic E-state index is 0.702. The van der Waals surface area contributed by atoms with Crippen molar-refractivity contribution >= 4 is 15.9 Å². The van der Waals surface area contributed by atoms with Gasteiger partial charge in [0.1, 0.15) is 17.4 Å². The lowest BCUT2D eigenvalue weighted by atomic mass is 10.2. The highest BCUT2D eigenvalue weighted by Crippen LogP contribution is 2.15. The summed E-state index contributed by atoms with van der Waals surface area (Å²) in [4.78, 5) is 0. The molecular weight excluding hydrogens is 308 g/mol. The van der Waals surface area contributed by atoms with E-state index < -0.39 is 0 Å². The van der Waals surface area contributed by atoms with Crippen molar-refractivity contribution in [2.45, 2.75) is 45.3 Å². The zero-order chi connectivity index (χ0) is 13.1. The van der Waals surface area contributed by atoms with E-state index in [1.807, 2.05) is 12.1 Å². The molecule has 0 atom stereocenters. The number of rotatable bonds is 4. The Morgan fingerprint density at radius 2 is 2.16 bits per heavy atom. The fourth-order valence-electron chi connectivity index (χ4n) is 2.42. The second kappa shape index (κ2) is 5.88. The van der Waals surface area contributed by atoms with Gasteiger partial charge in [0.05, 0.1) is 13.1 Å². The maximum absolute atomic E-state index is 5.45. The van der Waals surface area contributed by atoms with Gasteiger partial charge in [-0.3, -0.25) is 0 Å². The summed E-state index contributed by atoms with van der Waals surface area (Å²) >= 11 is 3.30. The molecule has 3 rings (SSSR count). The highest BCUT2D eigenvalue weighted by molar-refractivity contribution is 9.10. The zero-order valence-corrected chi connectivity index (χ0v) is 12.3. The number of furan rings is 1. The van der Waals surface area contributed by atoms with Crippen LogP contribution in [0.4, 0.5) is 0 Å². The Hall–Kier alpha value is -1.14. The van der Waals surface area contributed by atoms with Crippen LogP contribution in [0.1, 0.15) is 36.7 Å². The highest BCUT2D eigenvalue weighted by atomic mass is 79.9. The number of nitrogens with one attached hydrogen (secondary N) is 1. The summed E-state index contributed by atoms with van der Waals surface area (Å²) in [6.07, 6.45) is 4.80. The molecule has 3 heterocycles. The molecule has 0 saturated heterocycles. The van der Waals surface area contributed by atoms with E-state index in [0.717, 1.165) is 41.6 Å². The molecule has 0 fully saturated rings. The van der Waals surface area contributed by atoms with Crippen molar-refractivity contribution in [2.24, 2.45) is 0 Å². The molecule has 0 unspecified atom stereocenters. The monoisotopic (exact) mass is 324 g/mol. The molecule has 102 valence electrons. The molecule has 0 amide bonds. The molecule has 0 bridgehead atoms. The van der Waals surface area contributed by atoms with E-state index in [-0.39, 0.29) is 0 Å². The van der Waals surface area contributed by atoms with Gasteiger partial charge in [-0.2, -0.15) is 0 Å². The molecule has 0 radical (unpaired) electrons. The van der Waals surface area contributed by atoms with Gasteiger partial charge in [0.2, 0.25) is 0 Å². The molecule has 5 nitrogen and oxygen atoms in total. The largest absolute Gasteiger partial charge is 0.453 e. The second-order valence-corrected chi connectivity index (χ2v) is 5.59. The van der Waals surface area contributed by atoms with E-state index in [9.17, 15) is 0 Å². The van der Waals surface area contributed by atoms with Crippen LogP contribution >= 0.6 is 15.9 Å². The number of hydrogen-bond donors (Lipinski definition) is 1. The Bertz CT molecular complexity index is 549. The van der Waals surface area contributed by atoms with Crippen LogP contribution in [0.25, 0.3) is 0 Å². The van der Waals surface area contributed by atoms with Gasteiger partial charge in [-0.05, 0) is 40.9 Å². The van der Waals surface area contributed by atoms with Gasteiger partial charge in [0.25, 0.3) is 0 Å². The van der Waals surface area contributed by atoms with Gasteiger partial charge < -0.3 is 14.3 Å². The molecule has 2 aromatic rings. The van der Waals surface area contributed by atoms with Crippen molar-refractivity contribution in [1.29, 1.82) is 0 Å². The van der Waals surface area contributed by atoms with Crippen molar-refractivity contribution in [3.8, 4) is 0 Å². The highest BCUT2D eigenvalue weighted by Gasteiger charge is 2.14. The molecule has 0 spiro atoms. The Kier molecular flexibility index (Phi) is 3.98. The maximum atomic E-state index is 5.45. The van der Waals surface area contributed by atoms with Crippen LogP contribution in [-0.4, -0.2) is 14.8 Å². The number of fused-ring (bicyclic) bond motifs is 1. The Balaban J connectivity index is 1.59. The van der Waals surface area contributed by atoms with Crippen LogP contribution in [0.15, 0.2) is 21.2 Å². The quantitative estimate of drug-likeness (QED) is 0.939. The van der Waals surface area contributed by atoms with Gasteiger partial charge in [-0.1, -0.05) is 6.42 Å². The van der Waals surface area contributed by atoms with Crippen molar-refractivity contribution in [1.82, 2.24) is 20.1 Å². The maximum Gasteiger partial charge on any atom is 0.169 e. The van der Waals surface area contributed by atoms with E-state index in [0.29, 0.717) is 6.54 Å². The Morgan fingerprint density at radius 1 is 1.21 bits per heavy atom. The van der Waals surface area contributed by atoms with Crippen LogP contribution in [0.3, 0.4) is 0 Å². The fourth-order valence-corrected chi connectivity index (χ4v) is 2.76. The van der Waals surface area contributed by atoms with Crippen molar-refractivity contribution in [2.75, 3.05) is 0 Å². The molecule has 19 heavy (non-hydrogen) atoms. The Labute approximate surface area is 120 Å². The van der Waals surface area contributed by atoms with Crippen molar-refractivity contribution in [3.05, 3.63) is 34.2 Å². The first kappa shape index (κ1) is 12.9. The molecule has 0 aliphatic carbocycles. The van der Waals surface area contributed by atoms with E-state index in [1.54, 1.807) is 0 Å². The molecule has 0 aromatic carbocycles. The summed E-state index contributed by atoms with van der Waals surface area (Å²) in [5, 5.41) is 11.9. The third-order valence-electron chi connectivity index (χ3n) is 3.40. The predicted molar refractivity (Wildman–Crippen MR) is 74.5 cm³/mol. The third-order valence-corrected chi connectivity index (χ3v) is 3.82. The van der Waals surface area contributed by atoms with Gasteiger partial charge in [0, 0.05) is 13.0 Å². The van der Waals surface area contributed by atoms with Crippen LogP contribution in [0.2, 0.25) is 0 Å². The number of nitrogens with zero attached hydrogens (tertiary/aromatic N) is 3. The van der Waals surface area contributed by atoms with Gasteiger partial charge >= 0.3 is 0 Å². The van der Waals surface area contributed by atoms with E-state index >= 15 is 0 Å². The number of halogens is 1.